The van der Waals surface area contributed by atoms with E-state index in [9.17, 15) is 0 Å². The molecule has 3 aromatic rings. The van der Waals surface area contributed by atoms with E-state index in [1.54, 1.807) is 7.11 Å². The van der Waals surface area contributed by atoms with Crippen molar-refractivity contribution in [2.24, 2.45) is 0 Å². The number of benzene rings is 2. The van der Waals surface area contributed by atoms with Gasteiger partial charge in [-0.25, -0.2) is 0 Å². The Morgan fingerprint density at radius 3 is 2.22 bits per heavy atom. The Morgan fingerprint density at radius 2 is 1.56 bits per heavy atom. The van der Waals surface area contributed by atoms with Crippen LogP contribution in [0.5, 0.6) is 5.75 Å². The van der Waals surface area contributed by atoms with Crippen molar-refractivity contribution >= 4 is 53.8 Å². The summed E-state index contributed by atoms with van der Waals surface area (Å²) in [7, 11) is 1.66. The Morgan fingerprint density at radius 1 is 0.944 bits per heavy atom. The molecule has 2 nitrogen and oxygen atoms in total. The summed E-state index contributed by atoms with van der Waals surface area (Å²) in [4.78, 5) is 0. The number of ether oxygens (including phenoxy) is 1. The monoisotopic (exact) mass is 368 g/mol. The lowest BCUT2D eigenvalue weighted by atomic mass is 10.1. The van der Waals surface area contributed by atoms with Crippen molar-refractivity contribution < 1.29 is 9.15 Å². The lowest BCUT2D eigenvalue weighted by Crippen LogP contribution is -1.83. The van der Waals surface area contributed by atoms with Crippen LogP contribution in [0.1, 0.15) is 5.56 Å². The van der Waals surface area contributed by atoms with Gasteiger partial charge in [-0.2, -0.15) is 0 Å². The SMILES string of the molecule is COc1cc2c(cc1Br)oc1cc(Br)c(C)cc12. The highest BCUT2D eigenvalue weighted by atomic mass is 79.9. The van der Waals surface area contributed by atoms with Gasteiger partial charge in [0.2, 0.25) is 0 Å². The summed E-state index contributed by atoms with van der Waals surface area (Å²) in [5, 5.41) is 2.18. The molecule has 0 aliphatic heterocycles. The minimum Gasteiger partial charge on any atom is -0.496 e. The fraction of sp³-hybridized carbons (Fsp3) is 0.143. The molecular formula is C14H10Br2O2. The number of fused-ring (bicyclic) bond motifs is 3. The molecule has 18 heavy (non-hydrogen) atoms. The molecule has 0 amide bonds. The van der Waals surface area contributed by atoms with Crippen LogP contribution in [-0.4, -0.2) is 7.11 Å². The van der Waals surface area contributed by atoms with E-state index in [-0.39, 0.29) is 0 Å². The first-order chi connectivity index (χ1) is 8.60. The maximum atomic E-state index is 5.85. The van der Waals surface area contributed by atoms with E-state index < -0.39 is 0 Å². The molecular weight excluding hydrogens is 360 g/mol. The molecule has 0 N–H and O–H groups in total. The molecule has 1 aromatic heterocycles. The van der Waals surface area contributed by atoms with Crippen molar-refractivity contribution in [2.75, 3.05) is 7.11 Å². The van der Waals surface area contributed by atoms with Gasteiger partial charge in [0.15, 0.2) is 0 Å². The van der Waals surface area contributed by atoms with Gasteiger partial charge in [-0.15, -0.1) is 0 Å². The van der Waals surface area contributed by atoms with E-state index in [2.05, 4.69) is 44.8 Å². The molecule has 0 fully saturated rings. The second-order valence-corrected chi connectivity index (χ2v) is 5.89. The summed E-state index contributed by atoms with van der Waals surface area (Å²) in [6.45, 7) is 2.07. The minimum atomic E-state index is 0.811. The first-order valence-corrected chi connectivity index (χ1v) is 7.04. The van der Waals surface area contributed by atoms with Crippen LogP contribution in [0, 0.1) is 6.92 Å². The highest BCUT2D eigenvalue weighted by molar-refractivity contribution is 9.10. The summed E-state index contributed by atoms with van der Waals surface area (Å²) in [5.41, 5.74) is 2.92. The predicted molar refractivity (Wildman–Crippen MR) is 80.4 cm³/mol. The number of methoxy groups -OCH3 is 1. The molecule has 0 saturated heterocycles. The first kappa shape index (κ1) is 12.1. The zero-order valence-corrected chi connectivity index (χ0v) is 13.1. The van der Waals surface area contributed by atoms with E-state index in [0.717, 1.165) is 36.6 Å². The van der Waals surface area contributed by atoms with Crippen LogP contribution in [0.2, 0.25) is 0 Å². The molecule has 3 rings (SSSR count). The second-order valence-electron chi connectivity index (χ2n) is 4.18. The van der Waals surface area contributed by atoms with Gasteiger partial charge in [0.05, 0.1) is 11.6 Å². The van der Waals surface area contributed by atoms with Gasteiger partial charge in [0, 0.05) is 15.2 Å². The molecule has 0 atom stereocenters. The van der Waals surface area contributed by atoms with E-state index in [1.807, 2.05) is 18.2 Å². The van der Waals surface area contributed by atoms with Gasteiger partial charge in [0.1, 0.15) is 16.9 Å². The third-order valence-electron chi connectivity index (χ3n) is 3.02. The smallest absolute Gasteiger partial charge is 0.136 e. The Hall–Kier alpha value is -1.00. The molecule has 0 aliphatic carbocycles. The third-order valence-corrected chi connectivity index (χ3v) is 4.50. The van der Waals surface area contributed by atoms with E-state index in [4.69, 9.17) is 9.15 Å². The van der Waals surface area contributed by atoms with Crippen LogP contribution in [0.25, 0.3) is 21.9 Å². The molecule has 0 radical (unpaired) electrons. The molecule has 92 valence electrons. The number of halogens is 2. The average Bonchev–Trinajstić information content (AvgIpc) is 2.65. The summed E-state index contributed by atoms with van der Waals surface area (Å²) in [6.07, 6.45) is 0. The number of hydrogen-bond acceptors (Lipinski definition) is 2. The van der Waals surface area contributed by atoms with Crippen LogP contribution in [-0.2, 0) is 0 Å². The molecule has 4 heteroatoms. The Bertz CT molecular complexity index is 759. The molecule has 2 aromatic carbocycles. The van der Waals surface area contributed by atoms with Crippen LogP contribution < -0.4 is 4.74 Å². The lowest BCUT2D eigenvalue weighted by molar-refractivity contribution is 0.412. The van der Waals surface area contributed by atoms with Gasteiger partial charge in [-0.1, -0.05) is 15.9 Å². The third kappa shape index (κ3) is 1.75. The van der Waals surface area contributed by atoms with Crippen molar-refractivity contribution in [3.8, 4) is 5.75 Å². The highest BCUT2D eigenvalue weighted by Crippen LogP contribution is 2.37. The quantitative estimate of drug-likeness (QED) is 0.570. The molecule has 0 saturated carbocycles. The van der Waals surface area contributed by atoms with Crippen LogP contribution in [0.4, 0.5) is 0 Å². The van der Waals surface area contributed by atoms with Crippen LogP contribution in [0.15, 0.2) is 37.6 Å². The summed E-state index contributed by atoms with van der Waals surface area (Å²) in [6, 6.07) is 8.07. The van der Waals surface area contributed by atoms with Gasteiger partial charge < -0.3 is 9.15 Å². The van der Waals surface area contributed by atoms with Crippen LogP contribution in [0.3, 0.4) is 0 Å². The first-order valence-electron chi connectivity index (χ1n) is 5.46. The molecule has 0 aliphatic rings. The van der Waals surface area contributed by atoms with E-state index in [0.29, 0.717) is 0 Å². The maximum Gasteiger partial charge on any atom is 0.136 e. The maximum absolute atomic E-state index is 5.85. The number of aryl methyl sites for hydroxylation is 1. The zero-order valence-electron chi connectivity index (χ0n) is 9.88. The van der Waals surface area contributed by atoms with Crippen molar-refractivity contribution in [1.82, 2.24) is 0 Å². The van der Waals surface area contributed by atoms with Crippen molar-refractivity contribution in [3.63, 3.8) is 0 Å². The molecule has 1 heterocycles. The van der Waals surface area contributed by atoms with E-state index >= 15 is 0 Å². The summed E-state index contributed by atoms with van der Waals surface area (Å²) >= 11 is 6.99. The standard InChI is InChI=1S/C14H10Br2O2/c1-7-3-8-9-4-14(17-2)11(16)6-13(9)18-12(8)5-10(7)15/h3-6H,1-2H3. The highest BCUT2D eigenvalue weighted by Gasteiger charge is 2.12. The average molecular weight is 370 g/mol. The van der Waals surface area contributed by atoms with E-state index in [1.165, 1.54) is 5.56 Å². The topological polar surface area (TPSA) is 22.4 Å². The zero-order chi connectivity index (χ0) is 12.9. The fourth-order valence-electron chi connectivity index (χ4n) is 2.06. The summed E-state index contributed by atoms with van der Waals surface area (Å²) < 4.78 is 13.1. The minimum absolute atomic E-state index is 0.811. The molecule has 0 spiro atoms. The van der Waals surface area contributed by atoms with Crippen molar-refractivity contribution in [2.45, 2.75) is 6.92 Å². The van der Waals surface area contributed by atoms with Crippen molar-refractivity contribution in [3.05, 3.63) is 38.8 Å². The number of rotatable bonds is 1. The summed E-state index contributed by atoms with van der Waals surface area (Å²) in [5.74, 6) is 0.811. The van der Waals surface area contributed by atoms with Crippen LogP contribution >= 0.6 is 31.9 Å². The second kappa shape index (κ2) is 4.28. The molecule has 0 bridgehead atoms. The van der Waals surface area contributed by atoms with Gasteiger partial charge in [-0.3, -0.25) is 0 Å². The normalized spacial score (nSPS) is 11.3. The largest absolute Gasteiger partial charge is 0.496 e. The van der Waals surface area contributed by atoms with Gasteiger partial charge in [-0.05, 0) is 52.7 Å². The molecule has 0 unspecified atom stereocenters. The lowest BCUT2D eigenvalue weighted by Gasteiger charge is -2.02. The predicted octanol–water partition coefficient (Wildman–Crippen LogP) is 5.43. The Balaban J connectivity index is 2.45. The Labute approximate surface area is 121 Å². The van der Waals surface area contributed by atoms with Gasteiger partial charge >= 0.3 is 0 Å². The number of hydrogen-bond donors (Lipinski definition) is 0. The number of furan rings is 1. The fourth-order valence-corrected chi connectivity index (χ4v) is 2.87. The van der Waals surface area contributed by atoms with Gasteiger partial charge in [0.25, 0.3) is 0 Å². The van der Waals surface area contributed by atoms with Crippen molar-refractivity contribution in [1.29, 1.82) is 0 Å². The Kier molecular flexibility index (Phi) is 2.87.